The fourth-order valence-corrected chi connectivity index (χ4v) is 6.88. The molecule has 0 atom stereocenters. The molecule has 4 N–H and O–H groups in total. The van der Waals surface area contributed by atoms with Crippen molar-refractivity contribution in [1.29, 1.82) is 0 Å². The van der Waals surface area contributed by atoms with E-state index in [9.17, 15) is 28.8 Å². The third kappa shape index (κ3) is 6.46. The Bertz CT molecular complexity index is 2490. The molecule has 8 rings (SSSR count). The van der Waals surface area contributed by atoms with Crippen molar-refractivity contribution in [2.75, 3.05) is 26.2 Å². The zero-order chi connectivity index (χ0) is 40.2. The summed E-state index contributed by atoms with van der Waals surface area (Å²) in [7, 11) is 0. The van der Waals surface area contributed by atoms with Gasteiger partial charge in [0.05, 0.1) is 57.4 Å². The van der Waals surface area contributed by atoms with E-state index in [4.69, 9.17) is 5.73 Å². The summed E-state index contributed by atoms with van der Waals surface area (Å²) >= 11 is 0. The number of amides is 6. The van der Waals surface area contributed by atoms with Crippen LogP contribution in [-0.4, -0.2) is 45.4 Å². The highest BCUT2D eigenvalue weighted by Crippen LogP contribution is 2.37. The molecule has 0 saturated carbocycles. The number of fused-ring (bicyclic) bond motifs is 2. The van der Waals surface area contributed by atoms with Gasteiger partial charge in [0.2, 0.25) is 0 Å². The molecule has 13 nitrogen and oxygen atoms in total. The number of pyridine rings is 2. The van der Waals surface area contributed by atoms with Crippen molar-refractivity contribution in [3.63, 3.8) is 0 Å². The van der Waals surface area contributed by atoms with Crippen molar-refractivity contribution < 1.29 is 28.8 Å². The van der Waals surface area contributed by atoms with Crippen molar-refractivity contribution in [3.8, 4) is 0 Å². The number of imide groups is 2. The lowest BCUT2D eigenvalue weighted by molar-refractivity contribution is 0.0910. The summed E-state index contributed by atoms with van der Waals surface area (Å²) in [6, 6.07) is 29.6. The van der Waals surface area contributed by atoms with Gasteiger partial charge in [-0.25, -0.2) is 14.8 Å². The lowest BCUT2D eigenvalue weighted by Crippen LogP contribution is -2.30. The van der Waals surface area contributed by atoms with E-state index in [0.29, 0.717) is 28.6 Å². The Morgan fingerprint density at radius 2 is 0.965 bits per heavy atom. The number of nitrogens with one attached hydrogen (secondary N) is 2. The molecule has 0 radical (unpaired) electrons. The average molecular weight is 756 g/mol. The van der Waals surface area contributed by atoms with Crippen LogP contribution in [0.5, 0.6) is 0 Å². The van der Waals surface area contributed by atoms with E-state index < -0.39 is 40.9 Å². The monoisotopic (exact) mass is 755 g/mol. The minimum absolute atomic E-state index is 0.118. The van der Waals surface area contributed by atoms with Crippen LogP contribution in [0.3, 0.4) is 0 Å². The maximum absolute atomic E-state index is 13.6. The minimum Gasteiger partial charge on any atom is -0.384 e. The van der Waals surface area contributed by atoms with Gasteiger partial charge in [-0.05, 0) is 103 Å². The van der Waals surface area contributed by atoms with Crippen LogP contribution in [0.4, 0.5) is 28.6 Å². The number of nitrogens with two attached hydrogens (primary N) is 1. The standard InChI is InChI=1S/C44H33N7O6/c1-24-4-11-29(22-46-24)48-38(52)25-5-17-33-35(20-25)42(56)50(40(33)54)31-13-7-27(8-14-31)44(2,3)28-9-15-32(16-10-28)51-41(55)34-18-6-26(21-36(34)43(51)57)39(53)49-30-12-19-37(45)47-23-30/h4-23H,1-3H3,(H2,45,47)(H,48,52)(H,49,53). The first-order valence-electron chi connectivity index (χ1n) is 17.8. The fraction of sp³-hybridized carbons (Fsp3) is 0.0909. The predicted octanol–water partition coefficient (Wildman–Crippen LogP) is 6.80. The number of rotatable bonds is 8. The van der Waals surface area contributed by atoms with Gasteiger partial charge < -0.3 is 16.4 Å². The van der Waals surface area contributed by atoms with Crippen LogP contribution in [0.2, 0.25) is 0 Å². The van der Waals surface area contributed by atoms with Crippen molar-refractivity contribution in [2.45, 2.75) is 26.2 Å². The number of anilines is 5. The lowest BCUT2D eigenvalue weighted by atomic mass is 9.78. The molecule has 0 fully saturated rings. The Morgan fingerprint density at radius 1 is 0.544 bits per heavy atom. The quantitative estimate of drug-likeness (QED) is 0.141. The van der Waals surface area contributed by atoms with Gasteiger partial charge in [0.1, 0.15) is 5.82 Å². The van der Waals surface area contributed by atoms with Gasteiger partial charge in [-0.3, -0.25) is 33.8 Å². The van der Waals surface area contributed by atoms with Crippen molar-refractivity contribution in [2.24, 2.45) is 0 Å². The predicted molar refractivity (Wildman–Crippen MR) is 214 cm³/mol. The first kappa shape index (κ1) is 36.2. The third-order valence-corrected chi connectivity index (χ3v) is 10.2. The topological polar surface area (TPSA) is 185 Å². The van der Waals surface area contributed by atoms with Crippen LogP contribution < -0.4 is 26.2 Å². The molecule has 2 aliphatic rings. The van der Waals surface area contributed by atoms with Gasteiger partial charge in [0, 0.05) is 22.2 Å². The number of carbonyl (C=O) groups is 6. The van der Waals surface area contributed by atoms with Crippen molar-refractivity contribution >= 4 is 64.0 Å². The van der Waals surface area contributed by atoms with Gasteiger partial charge in [0.15, 0.2) is 0 Å². The van der Waals surface area contributed by atoms with Gasteiger partial charge in [-0.15, -0.1) is 0 Å². The Kier molecular flexibility index (Phi) is 8.76. The Morgan fingerprint density at radius 3 is 1.37 bits per heavy atom. The van der Waals surface area contributed by atoms with E-state index in [1.54, 1.807) is 54.7 Å². The molecule has 0 bridgehead atoms. The van der Waals surface area contributed by atoms with Gasteiger partial charge >= 0.3 is 0 Å². The summed E-state index contributed by atoms with van der Waals surface area (Å²) in [5, 5.41) is 5.46. The van der Waals surface area contributed by atoms with Gasteiger partial charge in [-0.2, -0.15) is 0 Å². The normalized spacial score (nSPS) is 13.5. The Labute approximate surface area is 326 Å². The number of nitrogen functional groups attached to an aromatic ring is 1. The number of hydrogen-bond donors (Lipinski definition) is 3. The molecule has 2 aromatic heterocycles. The number of nitrogens with zero attached hydrogens (tertiary/aromatic N) is 4. The third-order valence-electron chi connectivity index (χ3n) is 10.2. The second-order valence-corrected chi connectivity index (χ2v) is 14.2. The minimum atomic E-state index is -0.571. The van der Waals surface area contributed by atoms with Gasteiger partial charge in [0.25, 0.3) is 35.4 Å². The second-order valence-electron chi connectivity index (χ2n) is 14.2. The van der Waals surface area contributed by atoms with Crippen LogP contribution in [0.1, 0.15) is 92.8 Å². The van der Waals surface area contributed by atoms with Crippen LogP contribution in [0.15, 0.2) is 122 Å². The fourth-order valence-electron chi connectivity index (χ4n) is 6.88. The van der Waals surface area contributed by atoms with Crippen LogP contribution in [0, 0.1) is 6.92 Å². The summed E-state index contributed by atoms with van der Waals surface area (Å²) in [5.74, 6) is -2.67. The summed E-state index contributed by atoms with van der Waals surface area (Å²) in [6.45, 7) is 5.85. The van der Waals surface area contributed by atoms with E-state index >= 15 is 0 Å². The Balaban J connectivity index is 0.958. The zero-order valence-corrected chi connectivity index (χ0v) is 30.9. The van der Waals surface area contributed by atoms with Crippen molar-refractivity contribution in [3.05, 3.63) is 172 Å². The summed E-state index contributed by atoms with van der Waals surface area (Å²) in [4.78, 5) is 90.1. The summed E-state index contributed by atoms with van der Waals surface area (Å²) < 4.78 is 0. The SMILES string of the molecule is Cc1ccc(NC(=O)c2ccc3c(c2)C(=O)N(c2ccc(C(C)(C)c4ccc(N5C(=O)c6ccc(C(=O)Nc7ccc(N)nc7)cc6C5=O)cc4)cc2)C3=O)cn1. The first-order valence-corrected chi connectivity index (χ1v) is 17.8. The summed E-state index contributed by atoms with van der Waals surface area (Å²) in [6.07, 6.45) is 2.96. The summed E-state index contributed by atoms with van der Waals surface area (Å²) in [5.41, 5.74) is 10.4. The molecular weight excluding hydrogens is 723 g/mol. The lowest BCUT2D eigenvalue weighted by Gasteiger charge is -2.27. The number of carbonyl (C=O) groups excluding carboxylic acids is 6. The van der Waals surface area contributed by atoms with E-state index in [1.807, 2.05) is 45.0 Å². The van der Waals surface area contributed by atoms with Crippen LogP contribution in [0.25, 0.3) is 0 Å². The molecule has 6 aromatic rings. The zero-order valence-electron chi connectivity index (χ0n) is 30.9. The van der Waals surface area contributed by atoms with E-state index in [-0.39, 0.29) is 33.4 Å². The Hall–Kier alpha value is -7.80. The van der Waals surface area contributed by atoms with E-state index in [1.165, 1.54) is 42.6 Å². The van der Waals surface area contributed by atoms with Gasteiger partial charge in [-0.1, -0.05) is 38.1 Å². The van der Waals surface area contributed by atoms with Crippen LogP contribution in [-0.2, 0) is 5.41 Å². The molecule has 0 aliphatic carbocycles. The van der Waals surface area contributed by atoms with Crippen molar-refractivity contribution in [1.82, 2.24) is 9.97 Å². The van der Waals surface area contributed by atoms with Crippen LogP contribution >= 0.6 is 0 Å². The molecule has 57 heavy (non-hydrogen) atoms. The first-order chi connectivity index (χ1) is 27.3. The molecule has 280 valence electrons. The average Bonchev–Trinajstić information content (AvgIpc) is 3.62. The smallest absolute Gasteiger partial charge is 0.266 e. The molecule has 13 heteroatoms. The number of aromatic nitrogens is 2. The highest BCUT2D eigenvalue weighted by molar-refractivity contribution is 6.35. The maximum Gasteiger partial charge on any atom is 0.266 e. The van der Waals surface area contributed by atoms with E-state index in [0.717, 1.165) is 26.6 Å². The number of hydrogen-bond acceptors (Lipinski definition) is 9. The molecule has 4 heterocycles. The molecule has 2 aliphatic heterocycles. The number of aryl methyl sites for hydroxylation is 1. The highest BCUT2D eigenvalue weighted by atomic mass is 16.2. The molecule has 0 spiro atoms. The number of benzene rings is 4. The maximum atomic E-state index is 13.6. The highest BCUT2D eigenvalue weighted by Gasteiger charge is 2.39. The molecule has 6 amide bonds. The second kappa shape index (κ2) is 13.8. The molecular formula is C44H33N7O6. The molecule has 0 saturated heterocycles. The molecule has 4 aromatic carbocycles. The van der Waals surface area contributed by atoms with E-state index in [2.05, 4.69) is 20.6 Å². The molecule has 0 unspecified atom stereocenters. The largest absolute Gasteiger partial charge is 0.384 e.